The zero-order valence-electron chi connectivity index (χ0n) is 20.5. The van der Waals surface area contributed by atoms with Crippen molar-refractivity contribution in [1.82, 2.24) is 10.2 Å². The van der Waals surface area contributed by atoms with Crippen molar-refractivity contribution in [3.8, 4) is 0 Å². The summed E-state index contributed by atoms with van der Waals surface area (Å²) in [4.78, 5) is 27.5. The van der Waals surface area contributed by atoms with E-state index in [0.717, 1.165) is 39.7 Å². The molecule has 36 heavy (non-hydrogen) atoms. The zero-order valence-corrected chi connectivity index (χ0v) is 21.3. The van der Waals surface area contributed by atoms with Crippen LogP contribution in [0.25, 0.3) is 0 Å². The molecule has 3 aromatic rings. The SMILES string of the molecule is CCNC(=O)[C@@H](C)N(Cc1ccccc1)C(=O)CN(c1ccc(C)cc1)S(=O)(=O)c1ccc(F)cc1. The fourth-order valence-corrected chi connectivity index (χ4v) is 5.07. The van der Waals surface area contributed by atoms with Gasteiger partial charge in [-0.3, -0.25) is 13.9 Å². The van der Waals surface area contributed by atoms with Crippen LogP contribution in [0, 0.1) is 12.7 Å². The first-order chi connectivity index (χ1) is 17.1. The van der Waals surface area contributed by atoms with Gasteiger partial charge in [0.1, 0.15) is 18.4 Å². The highest BCUT2D eigenvalue weighted by Gasteiger charge is 2.32. The number of carbonyl (C=O) groups is 2. The molecule has 3 rings (SSSR count). The first-order valence-electron chi connectivity index (χ1n) is 11.6. The number of aryl methyl sites for hydroxylation is 1. The molecular formula is C27H30FN3O4S. The normalized spacial score (nSPS) is 12.0. The Bertz CT molecular complexity index is 1280. The van der Waals surface area contributed by atoms with E-state index in [-0.39, 0.29) is 23.0 Å². The summed E-state index contributed by atoms with van der Waals surface area (Å²) in [6.07, 6.45) is 0. The molecule has 0 bridgehead atoms. The van der Waals surface area contributed by atoms with Gasteiger partial charge >= 0.3 is 0 Å². The molecule has 3 aromatic carbocycles. The molecule has 0 unspecified atom stereocenters. The first kappa shape index (κ1) is 26.9. The van der Waals surface area contributed by atoms with Crippen molar-refractivity contribution in [2.75, 3.05) is 17.4 Å². The monoisotopic (exact) mass is 511 g/mol. The van der Waals surface area contributed by atoms with Crippen molar-refractivity contribution in [2.45, 2.75) is 38.3 Å². The molecule has 0 fully saturated rings. The van der Waals surface area contributed by atoms with E-state index >= 15 is 0 Å². The van der Waals surface area contributed by atoms with Crippen molar-refractivity contribution in [3.63, 3.8) is 0 Å². The molecule has 0 aromatic heterocycles. The molecule has 1 atom stereocenters. The summed E-state index contributed by atoms with van der Waals surface area (Å²) < 4.78 is 41.7. The van der Waals surface area contributed by atoms with Crippen molar-refractivity contribution in [2.24, 2.45) is 0 Å². The van der Waals surface area contributed by atoms with Gasteiger partial charge in [-0.2, -0.15) is 0 Å². The number of nitrogens with zero attached hydrogens (tertiary/aromatic N) is 2. The number of sulfonamides is 1. The fourth-order valence-electron chi connectivity index (χ4n) is 3.66. The number of nitrogens with one attached hydrogen (secondary N) is 1. The molecule has 0 spiro atoms. The molecule has 190 valence electrons. The molecule has 9 heteroatoms. The van der Waals surface area contributed by atoms with Crippen LogP contribution in [0.5, 0.6) is 0 Å². The maximum Gasteiger partial charge on any atom is 0.264 e. The van der Waals surface area contributed by atoms with Gasteiger partial charge in [-0.1, -0.05) is 48.0 Å². The first-order valence-corrected chi connectivity index (χ1v) is 13.0. The summed E-state index contributed by atoms with van der Waals surface area (Å²) in [6, 6.07) is 19.5. The molecule has 1 N–H and O–H groups in total. The maximum absolute atomic E-state index is 13.7. The second-order valence-corrected chi connectivity index (χ2v) is 10.2. The number of hydrogen-bond acceptors (Lipinski definition) is 4. The Kier molecular flexibility index (Phi) is 8.82. The Hall–Kier alpha value is -3.72. The quantitative estimate of drug-likeness (QED) is 0.448. The lowest BCUT2D eigenvalue weighted by atomic mass is 10.1. The van der Waals surface area contributed by atoms with Gasteiger partial charge in [0.2, 0.25) is 11.8 Å². The summed E-state index contributed by atoms with van der Waals surface area (Å²) in [5, 5.41) is 2.72. The van der Waals surface area contributed by atoms with E-state index in [2.05, 4.69) is 5.32 Å². The summed E-state index contributed by atoms with van der Waals surface area (Å²) in [7, 11) is -4.22. The van der Waals surface area contributed by atoms with Crippen molar-refractivity contribution in [3.05, 3.63) is 95.8 Å². The van der Waals surface area contributed by atoms with Gasteiger partial charge in [0.25, 0.3) is 10.0 Å². The Labute approximate surface area is 211 Å². The van der Waals surface area contributed by atoms with Gasteiger partial charge in [0.05, 0.1) is 10.6 Å². The van der Waals surface area contributed by atoms with Crippen LogP contribution in [-0.2, 0) is 26.2 Å². The maximum atomic E-state index is 13.7. The van der Waals surface area contributed by atoms with Crippen LogP contribution >= 0.6 is 0 Å². The summed E-state index contributed by atoms with van der Waals surface area (Å²) in [5.74, 6) is -1.47. The number of carbonyl (C=O) groups excluding carboxylic acids is 2. The molecular weight excluding hydrogens is 481 g/mol. The number of rotatable bonds is 10. The van der Waals surface area contributed by atoms with Crippen LogP contribution in [0.1, 0.15) is 25.0 Å². The standard InChI is InChI=1S/C27H30FN3O4S/c1-4-29-27(33)21(3)30(18-22-8-6-5-7-9-22)26(32)19-31(24-14-10-20(2)11-15-24)36(34,35)25-16-12-23(28)13-17-25/h5-17,21H,4,18-19H2,1-3H3,(H,29,33)/t21-/m1/s1. The highest BCUT2D eigenvalue weighted by atomic mass is 32.2. The van der Waals surface area contributed by atoms with Crippen molar-refractivity contribution >= 4 is 27.5 Å². The Morgan fingerprint density at radius 2 is 1.56 bits per heavy atom. The predicted molar refractivity (Wildman–Crippen MR) is 137 cm³/mol. The summed E-state index contributed by atoms with van der Waals surface area (Å²) >= 11 is 0. The van der Waals surface area contributed by atoms with Gasteiger partial charge in [-0.05, 0) is 62.7 Å². The Balaban J connectivity index is 2.01. The largest absolute Gasteiger partial charge is 0.355 e. The average Bonchev–Trinajstić information content (AvgIpc) is 2.87. The third kappa shape index (κ3) is 6.48. The molecule has 0 saturated heterocycles. The Morgan fingerprint density at radius 1 is 0.944 bits per heavy atom. The highest BCUT2D eigenvalue weighted by Crippen LogP contribution is 2.25. The van der Waals surface area contributed by atoms with Crippen molar-refractivity contribution < 1.29 is 22.4 Å². The lowest BCUT2D eigenvalue weighted by molar-refractivity contribution is -0.139. The molecule has 0 aliphatic heterocycles. The molecule has 0 heterocycles. The van der Waals surface area contributed by atoms with Gasteiger partial charge in [0.15, 0.2) is 0 Å². The number of hydrogen-bond donors (Lipinski definition) is 1. The second-order valence-electron chi connectivity index (χ2n) is 8.38. The van der Waals surface area contributed by atoms with E-state index in [9.17, 15) is 22.4 Å². The predicted octanol–water partition coefficient (Wildman–Crippen LogP) is 3.88. The second kappa shape index (κ2) is 11.8. The van der Waals surface area contributed by atoms with Gasteiger partial charge in [0, 0.05) is 13.1 Å². The lowest BCUT2D eigenvalue weighted by Gasteiger charge is -2.32. The highest BCUT2D eigenvalue weighted by molar-refractivity contribution is 7.92. The molecule has 0 radical (unpaired) electrons. The minimum Gasteiger partial charge on any atom is -0.355 e. The average molecular weight is 512 g/mol. The molecule has 7 nitrogen and oxygen atoms in total. The third-order valence-corrected chi connectivity index (χ3v) is 7.50. The van der Waals surface area contributed by atoms with E-state index < -0.39 is 34.3 Å². The minimum absolute atomic E-state index is 0.121. The van der Waals surface area contributed by atoms with Crippen LogP contribution in [0.3, 0.4) is 0 Å². The molecule has 2 amide bonds. The van der Waals surface area contributed by atoms with Crippen LogP contribution < -0.4 is 9.62 Å². The van der Waals surface area contributed by atoms with E-state index in [1.54, 1.807) is 38.1 Å². The molecule has 0 saturated carbocycles. The zero-order chi connectivity index (χ0) is 26.3. The van der Waals surface area contributed by atoms with E-state index in [1.807, 2.05) is 37.3 Å². The third-order valence-electron chi connectivity index (χ3n) is 5.72. The summed E-state index contributed by atoms with van der Waals surface area (Å²) in [5.41, 5.74) is 1.99. The van der Waals surface area contributed by atoms with Gasteiger partial charge < -0.3 is 10.2 Å². The van der Waals surface area contributed by atoms with E-state index in [0.29, 0.717) is 6.54 Å². The number of halogens is 1. The minimum atomic E-state index is -4.22. The summed E-state index contributed by atoms with van der Waals surface area (Å²) in [6.45, 7) is 5.23. The van der Waals surface area contributed by atoms with Crippen LogP contribution in [0.4, 0.5) is 10.1 Å². The number of anilines is 1. The van der Waals surface area contributed by atoms with E-state index in [1.165, 1.54) is 4.90 Å². The molecule has 0 aliphatic rings. The van der Waals surface area contributed by atoms with Crippen molar-refractivity contribution in [1.29, 1.82) is 0 Å². The van der Waals surface area contributed by atoms with Crippen LogP contribution in [0.15, 0.2) is 83.8 Å². The number of benzene rings is 3. The Morgan fingerprint density at radius 3 is 2.14 bits per heavy atom. The number of amides is 2. The van der Waals surface area contributed by atoms with Gasteiger partial charge in [-0.25, -0.2) is 12.8 Å². The van der Waals surface area contributed by atoms with Crippen LogP contribution in [-0.4, -0.2) is 44.3 Å². The fraction of sp³-hybridized carbons (Fsp3) is 0.259. The lowest BCUT2D eigenvalue weighted by Crippen LogP contribution is -2.51. The topological polar surface area (TPSA) is 86.8 Å². The smallest absolute Gasteiger partial charge is 0.264 e. The number of likely N-dealkylation sites (N-methyl/N-ethyl adjacent to an activating group) is 1. The molecule has 0 aliphatic carbocycles. The van der Waals surface area contributed by atoms with Crippen LogP contribution in [0.2, 0.25) is 0 Å². The van der Waals surface area contributed by atoms with E-state index in [4.69, 9.17) is 0 Å². The van der Waals surface area contributed by atoms with Gasteiger partial charge in [-0.15, -0.1) is 0 Å².